The molecule has 0 aromatic rings. The number of rotatable bonds is 9. The molecule has 0 bridgehead atoms. The van der Waals surface area contributed by atoms with Gasteiger partial charge in [0.25, 0.3) is 0 Å². The molecule has 2 N–H and O–H groups in total. The first-order valence-electron chi connectivity index (χ1n) is 7.19. The second-order valence-corrected chi connectivity index (χ2v) is 6.37. The van der Waals surface area contributed by atoms with Gasteiger partial charge in [0.15, 0.2) is 0 Å². The van der Waals surface area contributed by atoms with E-state index in [1.54, 1.807) is 0 Å². The number of carboxylic acids is 1. The summed E-state index contributed by atoms with van der Waals surface area (Å²) < 4.78 is 0. The Hall–Kier alpha value is -0.610. The van der Waals surface area contributed by atoms with Gasteiger partial charge in [-0.25, -0.2) is 0 Å². The fourth-order valence-electron chi connectivity index (χ4n) is 2.45. The Morgan fingerprint density at radius 2 is 2.06 bits per heavy atom. The molecular formula is C14H26N2O2. The third kappa shape index (κ3) is 4.25. The lowest BCUT2D eigenvalue weighted by Gasteiger charge is -2.27. The van der Waals surface area contributed by atoms with Gasteiger partial charge in [-0.15, -0.1) is 0 Å². The van der Waals surface area contributed by atoms with E-state index in [9.17, 15) is 9.90 Å². The standard InChI is InChI=1S/C14H26N2O2/c1-14(13(17)18,15-12-6-7-12)8-3-9-16(2)10-11-4-5-11/h11-12,15H,3-10H2,1-2H3,(H,17,18). The maximum absolute atomic E-state index is 11.4. The number of carbonyl (C=O) groups is 1. The van der Waals surface area contributed by atoms with Gasteiger partial charge in [-0.1, -0.05) is 0 Å². The molecule has 0 aromatic heterocycles. The van der Waals surface area contributed by atoms with Crippen LogP contribution in [0, 0.1) is 5.92 Å². The summed E-state index contributed by atoms with van der Waals surface area (Å²) in [5.41, 5.74) is -0.735. The Morgan fingerprint density at radius 1 is 1.39 bits per heavy atom. The van der Waals surface area contributed by atoms with Crippen molar-refractivity contribution in [1.82, 2.24) is 10.2 Å². The van der Waals surface area contributed by atoms with Crippen LogP contribution in [0.25, 0.3) is 0 Å². The van der Waals surface area contributed by atoms with Crippen LogP contribution in [0.15, 0.2) is 0 Å². The summed E-state index contributed by atoms with van der Waals surface area (Å²) >= 11 is 0. The molecule has 0 radical (unpaired) electrons. The van der Waals surface area contributed by atoms with Gasteiger partial charge in [0, 0.05) is 12.6 Å². The number of aliphatic carboxylic acids is 1. The largest absolute Gasteiger partial charge is 0.480 e. The van der Waals surface area contributed by atoms with Crippen LogP contribution in [-0.4, -0.2) is 47.7 Å². The Bertz CT molecular complexity index is 300. The van der Waals surface area contributed by atoms with E-state index in [4.69, 9.17) is 0 Å². The van der Waals surface area contributed by atoms with E-state index in [-0.39, 0.29) is 0 Å². The summed E-state index contributed by atoms with van der Waals surface area (Å²) in [5, 5.41) is 12.6. The fourth-order valence-corrected chi connectivity index (χ4v) is 2.45. The number of carboxylic acid groups (broad SMARTS) is 1. The van der Waals surface area contributed by atoms with E-state index in [0.29, 0.717) is 12.5 Å². The number of hydrogen-bond donors (Lipinski definition) is 2. The third-order valence-corrected chi connectivity index (χ3v) is 4.06. The molecule has 0 spiro atoms. The Morgan fingerprint density at radius 3 is 2.56 bits per heavy atom. The van der Waals surface area contributed by atoms with Gasteiger partial charge in [-0.05, 0) is 65.0 Å². The molecule has 2 aliphatic carbocycles. The van der Waals surface area contributed by atoms with Crippen molar-refractivity contribution in [2.24, 2.45) is 5.92 Å². The van der Waals surface area contributed by atoms with E-state index in [0.717, 1.165) is 31.7 Å². The molecule has 1 atom stereocenters. The van der Waals surface area contributed by atoms with Gasteiger partial charge >= 0.3 is 5.97 Å². The zero-order chi connectivity index (χ0) is 13.2. The number of nitrogens with zero attached hydrogens (tertiary/aromatic N) is 1. The van der Waals surface area contributed by atoms with E-state index in [1.165, 1.54) is 19.4 Å². The zero-order valence-electron chi connectivity index (χ0n) is 11.6. The molecule has 4 heteroatoms. The average Bonchev–Trinajstić information content (AvgIpc) is 3.14. The van der Waals surface area contributed by atoms with Gasteiger partial charge in [0.05, 0.1) is 0 Å². The highest BCUT2D eigenvalue weighted by molar-refractivity contribution is 5.78. The van der Waals surface area contributed by atoms with E-state index in [2.05, 4.69) is 17.3 Å². The van der Waals surface area contributed by atoms with E-state index >= 15 is 0 Å². The van der Waals surface area contributed by atoms with Gasteiger partial charge < -0.3 is 10.0 Å². The first-order valence-corrected chi connectivity index (χ1v) is 7.19. The van der Waals surface area contributed by atoms with Crippen molar-refractivity contribution < 1.29 is 9.90 Å². The summed E-state index contributed by atoms with van der Waals surface area (Å²) in [6.07, 6.45) is 6.68. The monoisotopic (exact) mass is 254 g/mol. The lowest BCUT2D eigenvalue weighted by Crippen LogP contribution is -2.50. The van der Waals surface area contributed by atoms with Gasteiger partial charge in [0.2, 0.25) is 0 Å². The summed E-state index contributed by atoms with van der Waals surface area (Å²) in [6.45, 7) is 4.01. The van der Waals surface area contributed by atoms with Crippen LogP contribution in [0.2, 0.25) is 0 Å². The maximum atomic E-state index is 11.4. The predicted molar refractivity (Wildman–Crippen MR) is 71.7 cm³/mol. The van der Waals surface area contributed by atoms with Crippen molar-refractivity contribution in [3.8, 4) is 0 Å². The van der Waals surface area contributed by atoms with Crippen molar-refractivity contribution >= 4 is 5.97 Å². The topological polar surface area (TPSA) is 52.6 Å². The molecule has 0 aliphatic heterocycles. The minimum atomic E-state index is -0.735. The molecule has 4 nitrogen and oxygen atoms in total. The zero-order valence-corrected chi connectivity index (χ0v) is 11.6. The van der Waals surface area contributed by atoms with Crippen LogP contribution in [0.4, 0.5) is 0 Å². The first kappa shape index (κ1) is 13.8. The molecule has 0 amide bonds. The molecule has 2 aliphatic rings. The summed E-state index contributed by atoms with van der Waals surface area (Å²) in [6, 6.07) is 0.440. The smallest absolute Gasteiger partial charge is 0.323 e. The van der Waals surface area contributed by atoms with Crippen molar-refractivity contribution in [2.45, 2.75) is 57.0 Å². The van der Waals surface area contributed by atoms with Crippen LogP contribution in [0.3, 0.4) is 0 Å². The number of nitrogens with one attached hydrogen (secondary N) is 1. The lowest BCUT2D eigenvalue weighted by molar-refractivity contribution is -0.144. The van der Waals surface area contributed by atoms with Crippen LogP contribution in [0.5, 0.6) is 0 Å². The number of hydrogen-bond acceptors (Lipinski definition) is 3. The molecule has 18 heavy (non-hydrogen) atoms. The molecule has 0 heterocycles. The normalized spacial score (nSPS) is 23.1. The Balaban J connectivity index is 1.68. The van der Waals surface area contributed by atoms with E-state index < -0.39 is 11.5 Å². The van der Waals surface area contributed by atoms with Crippen molar-refractivity contribution in [3.63, 3.8) is 0 Å². The lowest BCUT2D eigenvalue weighted by atomic mass is 9.95. The summed E-state index contributed by atoms with van der Waals surface area (Å²) in [5.74, 6) is 0.199. The SMILES string of the molecule is CN(CCCC(C)(NC1CC1)C(=O)O)CC1CC1. The molecule has 2 fully saturated rings. The molecule has 2 rings (SSSR count). The van der Waals surface area contributed by atoms with Gasteiger partial charge in [0.1, 0.15) is 5.54 Å². The third-order valence-electron chi connectivity index (χ3n) is 4.06. The molecule has 0 saturated heterocycles. The van der Waals surface area contributed by atoms with Crippen molar-refractivity contribution in [3.05, 3.63) is 0 Å². The fraction of sp³-hybridized carbons (Fsp3) is 0.929. The van der Waals surface area contributed by atoms with E-state index in [1.807, 2.05) is 6.92 Å². The van der Waals surface area contributed by atoms with Crippen LogP contribution in [-0.2, 0) is 4.79 Å². The van der Waals surface area contributed by atoms with Gasteiger partial charge in [-0.3, -0.25) is 10.1 Å². The predicted octanol–water partition coefficient (Wildman–Crippen LogP) is 1.70. The molecule has 2 saturated carbocycles. The highest BCUT2D eigenvalue weighted by Crippen LogP contribution is 2.29. The Kier molecular flexibility index (Phi) is 4.28. The molecule has 0 aromatic carbocycles. The quantitative estimate of drug-likeness (QED) is 0.657. The van der Waals surface area contributed by atoms with Crippen molar-refractivity contribution in [1.29, 1.82) is 0 Å². The molecule has 1 unspecified atom stereocenters. The minimum absolute atomic E-state index is 0.440. The van der Waals surface area contributed by atoms with Crippen LogP contribution < -0.4 is 5.32 Å². The van der Waals surface area contributed by atoms with Crippen LogP contribution in [0.1, 0.15) is 45.4 Å². The Labute approximate surface area is 110 Å². The summed E-state index contributed by atoms with van der Waals surface area (Å²) in [7, 11) is 2.14. The van der Waals surface area contributed by atoms with Crippen molar-refractivity contribution in [2.75, 3.05) is 20.1 Å². The van der Waals surface area contributed by atoms with Gasteiger partial charge in [-0.2, -0.15) is 0 Å². The minimum Gasteiger partial charge on any atom is -0.480 e. The molecule has 104 valence electrons. The average molecular weight is 254 g/mol. The molecular weight excluding hydrogens is 228 g/mol. The maximum Gasteiger partial charge on any atom is 0.323 e. The first-order chi connectivity index (χ1) is 8.49. The second-order valence-electron chi connectivity index (χ2n) is 6.37. The van der Waals surface area contributed by atoms with Crippen LogP contribution >= 0.6 is 0 Å². The highest BCUT2D eigenvalue weighted by Gasteiger charge is 2.37. The second kappa shape index (κ2) is 5.57. The summed E-state index contributed by atoms with van der Waals surface area (Å²) in [4.78, 5) is 13.7. The highest BCUT2D eigenvalue weighted by atomic mass is 16.4.